The van der Waals surface area contributed by atoms with Crippen molar-refractivity contribution in [2.75, 3.05) is 12.4 Å². The third kappa shape index (κ3) is 3.10. The second kappa shape index (κ2) is 5.86. The van der Waals surface area contributed by atoms with Crippen LogP contribution in [0.25, 0.3) is 10.8 Å². The number of amides is 1. The van der Waals surface area contributed by atoms with Gasteiger partial charge in [-0.15, -0.1) is 0 Å². The van der Waals surface area contributed by atoms with Crippen LogP contribution >= 0.6 is 0 Å². The van der Waals surface area contributed by atoms with Crippen molar-refractivity contribution in [3.63, 3.8) is 0 Å². The van der Waals surface area contributed by atoms with E-state index in [2.05, 4.69) is 10.0 Å². The number of benzene rings is 2. The predicted octanol–water partition coefficient (Wildman–Crippen LogP) is 2.59. The molecule has 0 aliphatic heterocycles. The van der Waals surface area contributed by atoms with Crippen molar-refractivity contribution in [1.29, 1.82) is 0 Å². The molecule has 3 rings (SSSR count). The molecule has 0 spiro atoms. The average molecular weight is 330 g/mol. The van der Waals surface area contributed by atoms with Gasteiger partial charge in [0, 0.05) is 5.69 Å². The van der Waals surface area contributed by atoms with E-state index in [1.54, 1.807) is 6.07 Å². The Morgan fingerprint density at radius 1 is 1.00 bits per heavy atom. The number of rotatable bonds is 4. The van der Waals surface area contributed by atoms with Gasteiger partial charge in [0.1, 0.15) is 0 Å². The van der Waals surface area contributed by atoms with Crippen LogP contribution in [0.1, 0.15) is 10.6 Å². The lowest BCUT2D eigenvalue weighted by Gasteiger charge is -2.05. The van der Waals surface area contributed by atoms with Crippen LogP contribution in [0, 0.1) is 0 Å². The Balaban J connectivity index is 1.83. The number of carbonyl (C=O) groups is 1. The standard InChI is InChI=1S/C16H14N2O4S/c1-17-23(20,21)15-9-8-14(22-15)16(19)18-13-7-6-11-4-2-3-5-12(11)10-13/h2-10,17H,1H3,(H,18,19). The molecule has 0 unspecified atom stereocenters. The number of anilines is 1. The SMILES string of the molecule is CNS(=O)(=O)c1ccc(C(=O)Nc2ccc3ccccc3c2)o1. The van der Waals surface area contributed by atoms with Crippen molar-refractivity contribution < 1.29 is 17.6 Å². The second-order valence-electron chi connectivity index (χ2n) is 4.84. The zero-order chi connectivity index (χ0) is 16.4. The molecule has 1 heterocycles. The van der Waals surface area contributed by atoms with Crippen LogP contribution in [0.2, 0.25) is 0 Å². The maximum Gasteiger partial charge on any atom is 0.291 e. The molecule has 0 aliphatic rings. The summed E-state index contributed by atoms with van der Waals surface area (Å²) in [6.45, 7) is 0. The molecule has 0 bridgehead atoms. The number of carbonyl (C=O) groups excluding carboxylic acids is 1. The number of sulfonamides is 1. The highest BCUT2D eigenvalue weighted by molar-refractivity contribution is 7.89. The zero-order valence-corrected chi connectivity index (χ0v) is 13.1. The lowest BCUT2D eigenvalue weighted by Crippen LogP contribution is -2.18. The van der Waals surface area contributed by atoms with E-state index in [9.17, 15) is 13.2 Å². The Bertz CT molecular complexity index is 976. The third-order valence-electron chi connectivity index (χ3n) is 3.35. The molecule has 118 valence electrons. The quantitative estimate of drug-likeness (QED) is 0.769. The van der Waals surface area contributed by atoms with Crippen molar-refractivity contribution in [3.05, 3.63) is 60.4 Å². The lowest BCUT2D eigenvalue weighted by molar-refractivity contribution is 0.0991. The molecule has 0 saturated carbocycles. The number of fused-ring (bicyclic) bond motifs is 1. The summed E-state index contributed by atoms with van der Waals surface area (Å²) in [6.07, 6.45) is 0. The van der Waals surface area contributed by atoms with Gasteiger partial charge in [-0.1, -0.05) is 30.3 Å². The smallest absolute Gasteiger partial charge is 0.291 e. The van der Waals surface area contributed by atoms with E-state index in [-0.39, 0.29) is 10.9 Å². The Hall–Kier alpha value is -2.64. The molecule has 6 nitrogen and oxygen atoms in total. The van der Waals surface area contributed by atoms with Gasteiger partial charge in [0.25, 0.3) is 15.9 Å². The van der Waals surface area contributed by atoms with Gasteiger partial charge in [-0.2, -0.15) is 0 Å². The minimum atomic E-state index is -3.71. The summed E-state index contributed by atoms with van der Waals surface area (Å²) < 4.78 is 30.4. The van der Waals surface area contributed by atoms with Crippen molar-refractivity contribution in [1.82, 2.24) is 4.72 Å². The summed E-state index contributed by atoms with van der Waals surface area (Å²) in [6, 6.07) is 15.8. The first kappa shape index (κ1) is 15.3. The summed E-state index contributed by atoms with van der Waals surface area (Å²) in [7, 11) is -2.44. The minimum absolute atomic E-state index is 0.0769. The highest BCUT2D eigenvalue weighted by atomic mass is 32.2. The van der Waals surface area contributed by atoms with Crippen molar-refractivity contribution in [2.24, 2.45) is 0 Å². The minimum Gasteiger partial charge on any atom is -0.438 e. The molecular weight excluding hydrogens is 316 g/mol. The largest absolute Gasteiger partial charge is 0.438 e. The molecular formula is C16H14N2O4S. The molecule has 2 aromatic carbocycles. The lowest BCUT2D eigenvalue weighted by atomic mass is 10.1. The average Bonchev–Trinajstić information content (AvgIpc) is 3.06. The van der Waals surface area contributed by atoms with Crippen LogP contribution in [0.15, 0.2) is 64.1 Å². The molecule has 3 aromatic rings. The third-order valence-corrected chi connectivity index (χ3v) is 4.63. The number of hydrogen-bond acceptors (Lipinski definition) is 4. The molecule has 23 heavy (non-hydrogen) atoms. The molecule has 0 fully saturated rings. The zero-order valence-electron chi connectivity index (χ0n) is 12.2. The summed E-state index contributed by atoms with van der Waals surface area (Å²) in [5, 5.41) is 4.43. The van der Waals surface area contributed by atoms with Crippen molar-refractivity contribution in [3.8, 4) is 0 Å². The van der Waals surface area contributed by atoms with Crippen LogP contribution in [-0.4, -0.2) is 21.4 Å². The predicted molar refractivity (Wildman–Crippen MR) is 86.9 cm³/mol. The fraction of sp³-hybridized carbons (Fsp3) is 0.0625. The van der Waals surface area contributed by atoms with E-state index < -0.39 is 15.9 Å². The summed E-state index contributed by atoms with van der Waals surface area (Å²) in [5.74, 6) is -0.593. The maximum atomic E-state index is 12.2. The van der Waals surface area contributed by atoms with Crippen LogP contribution in [0.3, 0.4) is 0 Å². The molecule has 0 aliphatic carbocycles. The van der Waals surface area contributed by atoms with E-state index >= 15 is 0 Å². The van der Waals surface area contributed by atoms with Crippen LogP contribution in [0.5, 0.6) is 0 Å². The van der Waals surface area contributed by atoms with Gasteiger partial charge in [0.15, 0.2) is 5.76 Å². The number of furan rings is 1. The molecule has 2 N–H and O–H groups in total. The molecule has 0 atom stereocenters. The van der Waals surface area contributed by atoms with E-state index in [1.807, 2.05) is 36.4 Å². The van der Waals surface area contributed by atoms with E-state index in [4.69, 9.17) is 4.42 Å². The Kier molecular flexibility index (Phi) is 3.89. The summed E-state index contributed by atoms with van der Waals surface area (Å²) in [4.78, 5) is 12.2. The van der Waals surface area contributed by atoms with Crippen LogP contribution in [-0.2, 0) is 10.0 Å². The van der Waals surface area contributed by atoms with Crippen molar-refractivity contribution >= 4 is 32.4 Å². The van der Waals surface area contributed by atoms with Gasteiger partial charge in [0.05, 0.1) is 0 Å². The summed E-state index contributed by atoms with van der Waals surface area (Å²) in [5.41, 5.74) is 0.600. The fourth-order valence-corrected chi connectivity index (χ4v) is 2.79. The van der Waals surface area contributed by atoms with Gasteiger partial charge >= 0.3 is 0 Å². The molecule has 0 radical (unpaired) electrons. The number of nitrogens with one attached hydrogen (secondary N) is 2. The highest BCUT2D eigenvalue weighted by Crippen LogP contribution is 2.20. The maximum absolute atomic E-state index is 12.2. The van der Waals surface area contributed by atoms with Crippen LogP contribution in [0.4, 0.5) is 5.69 Å². The Labute approximate surface area is 133 Å². The normalized spacial score (nSPS) is 11.5. The molecule has 1 amide bonds. The fourth-order valence-electron chi connectivity index (χ4n) is 2.15. The van der Waals surface area contributed by atoms with Gasteiger partial charge < -0.3 is 9.73 Å². The monoisotopic (exact) mass is 330 g/mol. The first-order valence-corrected chi connectivity index (χ1v) is 8.31. The first-order valence-electron chi connectivity index (χ1n) is 6.83. The van der Waals surface area contributed by atoms with E-state index in [0.717, 1.165) is 10.8 Å². The van der Waals surface area contributed by atoms with Gasteiger partial charge in [-0.05, 0) is 42.1 Å². The second-order valence-corrected chi connectivity index (χ2v) is 6.66. The molecule has 7 heteroatoms. The van der Waals surface area contributed by atoms with Gasteiger partial charge in [0.2, 0.25) is 5.09 Å². The Morgan fingerprint density at radius 2 is 1.74 bits per heavy atom. The van der Waals surface area contributed by atoms with Crippen LogP contribution < -0.4 is 10.0 Å². The highest BCUT2D eigenvalue weighted by Gasteiger charge is 2.19. The topological polar surface area (TPSA) is 88.4 Å². The Morgan fingerprint density at radius 3 is 2.48 bits per heavy atom. The van der Waals surface area contributed by atoms with Gasteiger partial charge in [-0.25, -0.2) is 13.1 Å². The first-order chi connectivity index (χ1) is 11.0. The van der Waals surface area contributed by atoms with E-state index in [1.165, 1.54) is 19.2 Å². The number of hydrogen-bond donors (Lipinski definition) is 2. The summed E-state index contributed by atoms with van der Waals surface area (Å²) >= 11 is 0. The van der Waals surface area contributed by atoms with E-state index in [0.29, 0.717) is 5.69 Å². The van der Waals surface area contributed by atoms with Crippen molar-refractivity contribution in [2.45, 2.75) is 5.09 Å². The molecule has 1 aromatic heterocycles. The van der Waals surface area contributed by atoms with Gasteiger partial charge in [-0.3, -0.25) is 4.79 Å². The molecule has 0 saturated heterocycles.